The Morgan fingerprint density at radius 3 is 2.25 bits per heavy atom. The van der Waals surface area contributed by atoms with Gasteiger partial charge in [0.15, 0.2) is 30.6 Å². The van der Waals surface area contributed by atoms with Gasteiger partial charge in [0.1, 0.15) is 0 Å². The molecule has 2 aliphatic rings. The van der Waals surface area contributed by atoms with Crippen LogP contribution in [0.3, 0.4) is 0 Å². The minimum absolute atomic E-state index is 0.0827. The number of nitrogens with zero attached hydrogens (tertiary/aromatic N) is 1. The molecule has 2 aliphatic heterocycles. The summed E-state index contributed by atoms with van der Waals surface area (Å²) in [6.45, 7) is 4.44. The third-order valence-corrected chi connectivity index (χ3v) is 7.53. The van der Waals surface area contributed by atoms with Gasteiger partial charge in [0.2, 0.25) is 5.91 Å². The molecule has 5 atom stereocenters. The van der Waals surface area contributed by atoms with Gasteiger partial charge in [-0.1, -0.05) is 11.6 Å². The van der Waals surface area contributed by atoms with Crippen LogP contribution in [-0.2, 0) is 54.1 Å². The topological polar surface area (TPSA) is 147 Å². The third kappa shape index (κ3) is 7.08. The first kappa shape index (κ1) is 29.7. The van der Waals surface area contributed by atoms with Gasteiger partial charge in [-0.3, -0.25) is 24.0 Å². The van der Waals surface area contributed by atoms with E-state index in [1.165, 1.54) is 16.2 Å². The lowest BCUT2D eigenvalue weighted by molar-refractivity contribution is -0.250. The van der Waals surface area contributed by atoms with E-state index in [-0.39, 0.29) is 19.5 Å². The number of thiophene rings is 1. The minimum Gasteiger partial charge on any atom is -0.455 e. The third-order valence-electron chi connectivity index (χ3n) is 6.28. The van der Waals surface area contributed by atoms with Gasteiger partial charge in [0.25, 0.3) is 5.91 Å². The van der Waals surface area contributed by atoms with Crippen LogP contribution in [0.2, 0.25) is 5.02 Å². The van der Waals surface area contributed by atoms with Crippen LogP contribution in [0.1, 0.15) is 26.3 Å². The Balaban J connectivity index is 1.65. The quantitative estimate of drug-likeness (QED) is 0.369. The van der Waals surface area contributed by atoms with Crippen molar-refractivity contribution in [3.8, 4) is 0 Å². The number of fused-ring (bicyclic) bond motifs is 1. The standard InChI is InChI=1S/C26H29ClN2O10S/c1-13(30)36-21-22(37-14(2)31)24(26(34)29-6-8-35-9-7-29)39-25(23(21)38-15(3)32)28-20(33)10-16-12-40-19-5-4-17(27)11-18(16)19/h4-5,11-12,21-25H,6-10H2,1-3H3,(H,28,33). The molecule has 1 aromatic carbocycles. The van der Waals surface area contributed by atoms with Gasteiger partial charge in [-0.05, 0) is 34.5 Å². The summed E-state index contributed by atoms with van der Waals surface area (Å²) in [5.41, 5.74) is 0.704. The Kier molecular flexibility index (Phi) is 9.61. The van der Waals surface area contributed by atoms with Crippen molar-refractivity contribution in [2.45, 2.75) is 57.8 Å². The predicted molar refractivity (Wildman–Crippen MR) is 141 cm³/mol. The minimum atomic E-state index is -1.48. The average Bonchev–Trinajstić information content (AvgIpc) is 3.28. The zero-order valence-corrected chi connectivity index (χ0v) is 23.6. The molecule has 40 heavy (non-hydrogen) atoms. The number of halogens is 1. The summed E-state index contributed by atoms with van der Waals surface area (Å²) < 4.78 is 28.5. The van der Waals surface area contributed by atoms with E-state index in [0.717, 1.165) is 30.9 Å². The average molecular weight is 597 g/mol. The zero-order chi connectivity index (χ0) is 29.0. The van der Waals surface area contributed by atoms with Crippen LogP contribution in [0, 0.1) is 0 Å². The number of carbonyl (C=O) groups is 5. The molecule has 0 bridgehead atoms. The van der Waals surface area contributed by atoms with Crippen molar-refractivity contribution in [1.29, 1.82) is 0 Å². The van der Waals surface area contributed by atoms with Gasteiger partial charge >= 0.3 is 17.9 Å². The number of hydrogen-bond donors (Lipinski definition) is 1. The van der Waals surface area contributed by atoms with Crippen molar-refractivity contribution in [1.82, 2.24) is 10.2 Å². The maximum atomic E-state index is 13.6. The normalized spacial score (nSPS) is 24.7. The first-order valence-electron chi connectivity index (χ1n) is 12.5. The molecule has 3 heterocycles. The molecule has 0 spiro atoms. The Bertz CT molecular complexity index is 1290. The number of rotatable bonds is 7. The highest BCUT2D eigenvalue weighted by Crippen LogP contribution is 2.31. The van der Waals surface area contributed by atoms with Crippen LogP contribution in [0.25, 0.3) is 10.1 Å². The maximum Gasteiger partial charge on any atom is 0.303 e. The van der Waals surface area contributed by atoms with E-state index in [1.54, 1.807) is 12.1 Å². The smallest absolute Gasteiger partial charge is 0.303 e. The van der Waals surface area contributed by atoms with E-state index in [0.29, 0.717) is 23.8 Å². The highest BCUT2D eigenvalue weighted by molar-refractivity contribution is 7.17. The van der Waals surface area contributed by atoms with Crippen molar-refractivity contribution in [3.63, 3.8) is 0 Å². The van der Waals surface area contributed by atoms with Gasteiger partial charge in [0.05, 0.1) is 19.6 Å². The highest BCUT2D eigenvalue weighted by Gasteiger charge is 2.55. The molecule has 2 amide bonds. The molecular formula is C26H29ClN2O10S. The molecule has 2 fully saturated rings. The summed E-state index contributed by atoms with van der Waals surface area (Å²) in [5.74, 6) is -3.43. The second-order valence-electron chi connectivity index (χ2n) is 9.28. The lowest BCUT2D eigenvalue weighted by atomic mass is 9.95. The first-order valence-corrected chi connectivity index (χ1v) is 13.8. The fourth-order valence-electron chi connectivity index (χ4n) is 4.66. The van der Waals surface area contributed by atoms with Crippen LogP contribution in [0.5, 0.6) is 0 Å². The van der Waals surface area contributed by atoms with Gasteiger partial charge < -0.3 is 33.9 Å². The molecule has 0 saturated carbocycles. The largest absolute Gasteiger partial charge is 0.455 e. The molecule has 0 aliphatic carbocycles. The van der Waals surface area contributed by atoms with E-state index in [4.69, 9.17) is 35.3 Å². The number of ether oxygens (including phenoxy) is 5. The molecule has 2 aromatic rings. The number of carbonyl (C=O) groups excluding carboxylic acids is 5. The Labute approximate surface area is 238 Å². The summed E-state index contributed by atoms with van der Waals surface area (Å²) in [6, 6.07) is 5.36. The summed E-state index contributed by atoms with van der Waals surface area (Å²) in [4.78, 5) is 64.4. The van der Waals surface area contributed by atoms with Crippen molar-refractivity contribution in [3.05, 3.63) is 34.2 Å². The SMILES string of the molecule is CC(=O)OC1C(NC(=O)Cc2csc3ccc(Cl)cc23)OC(C(=O)N2CCOCC2)C(OC(C)=O)C1OC(C)=O. The fraction of sp³-hybridized carbons (Fsp3) is 0.500. The first-order chi connectivity index (χ1) is 19.0. The van der Waals surface area contributed by atoms with Gasteiger partial charge in [-0.25, -0.2) is 0 Å². The van der Waals surface area contributed by atoms with Crippen LogP contribution in [-0.4, -0.2) is 91.6 Å². The molecule has 1 N–H and O–H groups in total. The molecule has 14 heteroatoms. The summed E-state index contributed by atoms with van der Waals surface area (Å²) in [6.07, 6.45) is -7.34. The fourth-order valence-corrected chi connectivity index (χ4v) is 5.78. The van der Waals surface area contributed by atoms with Crippen molar-refractivity contribution < 1.29 is 47.7 Å². The van der Waals surface area contributed by atoms with Crippen LogP contribution in [0.4, 0.5) is 0 Å². The van der Waals surface area contributed by atoms with E-state index in [9.17, 15) is 24.0 Å². The Hall–Kier alpha value is -3.26. The van der Waals surface area contributed by atoms with Crippen molar-refractivity contribution in [2.75, 3.05) is 26.3 Å². The second kappa shape index (κ2) is 12.9. The van der Waals surface area contributed by atoms with Crippen LogP contribution >= 0.6 is 22.9 Å². The highest BCUT2D eigenvalue weighted by atomic mass is 35.5. The van der Waals surface area contributed by atoms with Gasteiger partial charge in [-0.2, -0.15) is 0 Å². The van der Waals surface area contributed by atoms with E-state index >= 15 is 0 Å². The molecule has 12 nitrogen and oxygen atoms in total. The van der Waals surface area contributed by atoms with E-state index < -0.39 is 60.4 Å². The van der Waals surface area contributed by atoms with Crippen molar-refractivity contribution in [2.24, 2.45) is 0 Å². The van der Waals surface area contributed by atoms with Gasteiger partial charge in [0, 0.05) is 43.6 Å². The molecule has 5 unspecified atom stereocenters. The van der Waals surface area contributed by atoms with E-state index in [2.05, 4.69) is 5.32 Å². The second-order valence-corrected chi connectivity index (χ2v) is 10.6. The Morgan fingerprint density at radius 1 is 0.975 bits per heavy atom. The summed E-state index contributed by atoms with van der Waals surface area (Å²) >= 11 is 7.59. The number of hydrogen-bond acceptors (Lipinski definition) is 11. The van der Waals surface area contributed by atoms with Crippen LogP contribution in [0.15, 0.2) is 23.6 Å². The summed E-state index contributed by atoms with van der Waals surface area (Å²) in [7, 11) is 0. The van der Waals surface area contributed by atoms with E-state index in [1.807, 2.05) is 11.4 Å². The number of morpholine rings is 1. The summed E-state index contributed by atoms with van der Waals surface area (Å²) in [5, 5.41) is 5.82. The maximum absolute atomic E-state index is 13.6. The number of esters is 3. The monoisotopic (exact) mass is 596 g/mol. The zero-order valence-electron chi connectivity index (χ0n) is 22.0. The lowest BCUT2D eigenvalue weighted by Gasteiger charge is -2.45. The molecule has 216 valence electrons. The number of nitrogens with one attached hydrogen (secondary N) is 1. The lowest BCUT2D eigenvalue weighted by Crippen LogP contribution is -2.68. The molecular weight excluding hydrogens is 568 g/mol. The molecule has 4 rings (SSSR count). The van der Waals surface area contributed by atoms with Crippen LogP contribution < -0.4 is 5.32 Å². The molecule has 2 saturated heterocycles. The molecule has 1 aromatic heterocycles. The van der Waals surface area contributed by atoms with Crippen molar-refractivity contribution >= 4 is 62.7 Å². The van der Waals surface area contributed by atoms with Gasteiger partial charge in [-0.15, -0.1) is 11.3 Å². The molecule has 0 radical (unpaired) electrons. The number of amides is 2. The number of benzene rings is 1. The Morgan fingerprint density at radius 2 is 1.60 bits per heavy atom. The predicted octanol–water partition coefficient (Wildman–Crippen LogP) is 1.59.